The third-order valence-electron chi connectivity index (χ3n) is 10.3. The molecule has 4 heteroatoms. The molecule has 0 fully saturated rings. The summed E-state index contributed by atoms with van der Waals surface area (Å²) in [5.74, 6) is 0. The Morgan fingerprint density at radius 2 is 0.804 bits per heavy atom. The molecule has 1 nitrogen and oxygen atoms in total. The number of alkyl halides is 3. The van der Waals surface area contributed by atoms with Crippen LogP contribution in [-0.4, -0.2) is 0 Å². The third-order valence-corrected chi connectivity index (χ3v) is 10.3. The van der Waals surface area contributed by atoms with Gasteiger partial charge in [-0.3, -0.25) is 0 Å². The minimum absolute atomic E-state index is 0.191. The Balaban J connectivity index is 1.26. The van der Waals surface area contributed by atoms with E-state index >= 15 is 0 Å². The van der Waals surface area contributed by atoms with Crippen LogP contribution in [0, 0.1) is 0 Å². The summed E-state index contributed by atoms with van der Waals surface area (Å²) in [4.78, 5) is 0. The van der Waals surface area contributed by atoms with Crippen LogP contribution in [0.1, 0.15) is 5.56 Å². The highest BCUT2D eigenvalue weighted by atomic mass is 19.4. The van der Waals surface area contributed by atoms with Crippen LogP contribution >= 0.6 is 0 Å². The maximum absolute atomic E-state index is 14.6. The van der Waals surface area contributed by atoms with Gasteiger partial charge in [-0.15, -0.1) is 0 Å². The molecule has 242 valence electrons. The summed E-state index contributed by atoms with van der Waals surface area (Å²) in [6.45, 7) is 0. The van der Waals surface area contributed by atoms with Gasteiger partial charge in [-0.05, 0) is 77.5 Å². The van der Waals surface area contributed by atoms with Crippen molar-refractivity contribution in [2.75, 3.05) is 0 Å². The van der Waals surface area contributed by atoms with Gasteiger partial charge in [0.05, 0.1) is 5.56 Å². The van der Waals surface area contributed by atoms with E-state index in [0.717, 1.165) is 71.3 Å². The first-order valence-corrected chi connectivity index (χ1v) is 16.9. The molecule has 0 aliphatic rings. The van der Waals surface area contributed by atoms with Crippen LogP contribution in [0.25, 0.3) is 98.4 Å². The van der Waals surface area contributed by atoms with Crippen molar-refractivity contribution in [1.82, 2.24) is 0 Å². The van der Waals surface area contributed by atoms with Gasteiger partial charge in [-0.1, -0.05) is 152 Å². The Labute approximate surface area is 290 Å². The van der Waals surface area contributed by atoms with Crippen molar-refractivity contribution in [3.05, 3.63) is 169 Å². The first kappa shape index (κ1) is 29.5. The lowest BCUT2D eigenvalue weighted by atomic mass is 9.85. The molecule has 0 radical (unpaired) electrons. The van der Waals surface area contributed by atoms with Crippen LogP contribution in [-0.2, 0) is 6.18 Å². The Bertz CT molecular complexity index is 2890. The summed E-state index contributed by atoms with van der Waals surface area (Å²) in [5, 5.41) is 7.95. The van der Waals surface area contributed by atoms with Crippen LogP contribution in [0.15, 0.2) is 168 Å². The number of para-hydroxylation sites is 1. The topological polar surface area (TPSA) is 13.1 Å². The highest BCUT2D eigenvalue weighted by molar-refractivity contribution is 6.24. The maximum atomic E-state index is 14.6. The molecular formula is C47H27F3O. The molecule has 1 heterocycles. The maximum Gasteiger partial charge on any atom is 0.417 e. The van der Waals surface area contributed by atoms with Crippen molar-refractivity contribution < 1.29 is 17.6 Å². The molecule has 9 aromatic carbocycles. The second-order valence-corrected chi connectivity index (χ2v) is 13.0. The van der Waals surface area contributed by atoms with Crippen molar-refractivity contribution in [1.29, 1.82) is 0 Å². The van der Waals surface area contributed by atoms with Gasteiger partial charge in [0.25, 0.3) is 0 Å². The van der Waals surface area contributed by atoms with E-state index in [1.54, 1.807) is 48.5 Å². The molecule has 0 N–H and O–H groups in total. The van der Waals surface area contributed by atoms with Crippen molar-refractivity contribution in [3.63, 3.8) is 0 Å². The molecule has 0 aliphatic carbocycles. The molecule has 10 rings (SSSR count). The van der Waals surface area contributed by atoms with Crippen LogP contribution in [0.2, 0.25) is 0 Å². The Kier molecular flexibility index (Phi) is 6.40. The van der Waals surface area contributed by atoms with Crippen molar-refractivity contribution >= 4 is 65.0 Å². The number of benzene rings is 9. The summed E-state index contributed by atoms with van der Waals surface area (Å²) in [6.07, 6.45) is -4.51. The normalized spacial score (nSPS) is 12.2. The number of hydrogen-bond acceptors (Lipinski definition) is 1. The lowest BCUT2D eigenvalue weighted by Crippen LogP contribution is -2.07. The summed E-state index contributed by atoms with van der Waals surface area (Å²) in [5.41, 5.74) is 6.95. The van der Waals surface area contributed by atoms with Gasteiger partial charge in [0, 0.05) is 21.9 Å². The largest absolute Gasteiger partial charge is 0.455 e. The fourth-order valence-electron chi connectivity index (χ4n) is 8.23. The van der Waals surface area contributed by atoms with E-state index in [1.165, 1.54) is 5.56 Å². The number of halogens is 3. The molecule has 0 unspecified atom stereocenters. The van der Waals surface area contributed by atoms with Crippen LogP contribution in [0.3, 0.4) is 0 Å². The number of rotatable bonds is 3. The minimum atomic E-state index is -4.51. The van der Waals surface area contributed by atoms with E-state index in [2.05, 4.69) is 97.1 Å². The van der Waals surface area contributed by atoms with Gasteiger partial charge < -0.3 is 4.42 Å². The third kappa shape index (κ3) is 4.43. The van der Waals surface area contributed by atoms with E-state index in [1.807, 2.05) is 18.2 Å². The molecule has 0 atom stereocenters. The van der Waals surface area contributed by atoms with Crippen LogP contribution in [0.5, 0.6) is 0 Å². The molecule has 0 saturated carbocycles. The van der Waals surface area contributed by atoms with Gasteiger partial charge >= 0.3 is 6.18 Å². The van der Waals surface area contributed by atoms with E-state index in [0.29, 0.717) is 10.8 Å². The SMILES string of the molecule is FC(F)(F)c1c2ccccc2c(-c2ccc3oc4c(-c5c6ccccc6c(-c6ccccc6)c6ccccc56)cccc4c3c2)c2ccccc12. The minimum Gasteiger partial charge on any atom is -0.455 e. The quantitative estimate of drug-likeness (QED) is 0.171. The predicted molar refractivity (Wildman–Crippen MR) is 205 cm³/mol. The van der Waals surface area contributed by atoms with Gasteiger partial charge in [-0.25, -0.2) is 0 Å². The molecule has 10 aromatic rings. The zero-order valence-corrected chi connectivity index (χ0v) is 27.1. The molecule has 0 spiro atoms. The average Bonchev–Trinajstić information content (AvgIpc) is 3.54. The second-order valence-electron chi connectivity index (χ2n) is 13.0. The summed E-state index contributed by atoms with van der Waals surface area (Å²) in [6, 6.07) is 53.5. The van der Waals surface area contributed by atoms with Gasteiger partial charge in [0.15, 0.2) is 0 Å². The average molecular weight is 665 g/mol. The Hall–Kier alpha value is -6.39. The zero-order chi connectivity index (χ0) is 34.3. The van der Waals surface area contributed by atoms with E-state index in [9.17, 15) is 13.2 Å². The predicted octanol–water partition coefficient (Wildman–Crippen LogP) is 14.2. The monoisotopic (exact) mass is 664 g/mol. The molecule has 51 heavy (non-hydrogen) atoms. The zero-order valence-electron chi connectivity index (χ0n) is 27.1. The van der Waals surface area contributed by atoms with Crippen molar-refractivity contribution in [3.8, 4) is 33.4 Å². The van der Waals surface area contributed by atoms with Gasteiger partial charge in [0.2, 0.25) is 0 Å². The van der Waals surface area contributed by atoms with Gasteiger partial charge in [-0.2, -0.15) is 13.2 Å². The fraction of sp³-hybridized carbons (Fsp3) is 0.0213. The number of hydrogen-bond donors (Lipinski definition) is 0. The first-order valence-electron chi connectivity index (χ1n) is 16.9. The van der Waals surface area contributed by atoms with E-state index < -0.39 is 11.7 Å². The second kappa shape index (κ2) is 11.1. The summed E-state index contributed by atoms with van der Waals surface area (Å²) >= 11 is 0. The highest BCUT2D eigenvalue weighted by Gasteiger charge is 2.35. The van der Waals surface area contributed by atoms with E-state index in [-0.39, 0.29) is 10.8 Å². The summed E-state index contributed by atoms with van der Waals surface area (Å²) < 4.78 is 50.5. The highest BCUT2D eigenvalue weighted by Crippen LogP contribution is 2.49. The lowest BCUT2D eigenvalue weighted by molar-refractivity contribution is -0.135. The first-order chi connectivity index (χ1) is 25.0. The van der Waals surface area contributed by atoms with Crippen molar-refractivity contribution in [2.24, 2.45) is 0 Å². The number of fused-ring (bicyclic) bond motifs is 7. The molecule has 0 bridgehead atoms. The standard InChI is InChI=1S/C47H27F3O/c48-47(49,50)45-36-21-10-8-19-34(36)43(35-20-9-11-22-37(35)45)29-25-26-41-40(27-29)38-23-12-24-39(46(38)51-41)44-32-17-6-4-15-30(32)42(28-13-2-1-3-14-28)31-16-5-7-18-33(31)44/h1-27H. The fourth-order valence-corrected chi connectivity index (χ4v) is 8.23. The lowest BCUT2D eigenvalue weighted by Gasteiger charge is -2.18. The van der Waals surface area contributed by atoms with Gasteiger partial charge in [0.1, 0.15) is 11.2 Å². The molecule has 0 saturated heterocycles. The smallest absolute Gasteiger partial charge is 0.417 e. The van der Waals surface area contributed by atoms with E-state index in [4.69, 9.17) is 4.42 Å². The number of furan rings is 1. The Morgan fingerprint density at radius 1 is 0.353 bits per heavy atom. The van der Waals surface area contributed by atoms with Crippen LogP contribution < -0.4 is 0 Å². The Morgan fingerprint density at radius 3 is 1.35 bits per heavy atom. The molecule has 1 aromatic heterocycles. The summed E-state index contributed by atoms with van der Waals surface area (Å²) in [7, 11) is 0. The van der Waals surface area contributed by atoms with Crippen LogP contribution in [0.4, 0.5) is 13.2 Å². The van der Waals surface area contributed by atoms with Crippen molar-refractivity contribution in [2.45, 2.75) is 6.18 Å². The molecule has 0 aliphatic heterocycles. The molecule has 0 amide bonds. The molecular weight excluding hydrogens is 638 g/mol.